The highest BCUT2D eigenvalue weighted by Gasteiger charge is 2.18. The average Bonchev–Trinajstić information content (AvgIpc) is 2.47. The van der Waals surface area contributed by atoms with Gasteiger partial charge < -0.3 is 10.4 Å². The third kappa shape index (κ3) is 4.81. The third-order valence-electron chi connectivity index (χ3n) is 2.81. The van der Waals surface area contributed by atoms with Gasteiger partial charge in [0.15, 0.2) is 0 Å². The molecule has 0 bridgehead atoms. The monoisotopic (exact) mass is 871 g/mol. The van der Waals surface area contributed by atoms with Gasteiger partial charge >= 0.3 is 5.97 Å². The fourth-order valence-electron chi connectivity index (χ4n) is 1.70. The van der Waals surface area contributed by atoms with Crippen LogP contribution in [0, 0.1) is 17.9 Å². The average molecular weight is 871 g/mol. The van der Waals surface area contributed by atoms with Gasteiger partial charge in [-0.05, 0) is 137 Å². The molecule has 0 unspecified atom stereocenters. The van der Waals surface area contributed by atoms with Crippen LogP contribution in [0.4, 0.5) is 5.69 Å². The van der Waals surface area contributed by atoms with Gasteiger partial charge in [-0.3, -0.25) is 4.79 Å². The number of nitrogens with one attached hydrogen (secondary N) is 1. The maximum absolute atomic E-state index is 12.5. The minimum Gasteiger partial charge on any atom is -0.478 e. The second-order valence-corrected chi connectivity index (χ2v) is 9.94. The number of aromatic carboxylic acids is 1. The Morgan fingerprint density at radius 2 is 1.43 bits per heavy atom. The molecular weight excluding hydrogens is 865 g/mol. The van der Waals surface area contributed by atoms with Gasteiger partial charge in [-0.1, -0.05) is 0 Å². The summed E-state index contributed by atoms with van der Waals surface area (Å²) in [6, 6.07) is 6.86. The predicted molar refractivity (Wildman–Crippen MR) is 131 cm³/mol. The molecule has 2 aromatic carbocycles. The van der Waals surface area contributed by atoms with E-state index in [2.05, 4.69) is 95.7 Å². The minimum absolute atomic E-state index is 0.174. The Kier molecular flexibility index (Phi) is 7.62. The van der Waals surface area contributed by atoms with Crippen molar-refractivity contribution in [1.29, 1.82) is 0 Å². The summed E-state index contributed by atoms with van der Waals surface area (Å²) in [4.78, 5) is 23.8. The molecule has 9 heteroatoms. The van der Waals surface area contributed by atoms with E-state index < -0.39 is 5.97 Å². The number of benzene rings is 2. The summed E-state index contributed by atoms with van der Waals surface area (Å²) in [6.45, 7) is 0. The van der Waals surface area contributed by atoms with Crippen LogP contribution in [0.1, 0.15) is 20.7 Å². The van der Waals surface area contributed by atoms with Crippen LogP contribution in [0.2, 0.25) is 0 Å². The van der Waals surface area contributed by atoms with Gasteiger partial charge in [0.2, 0.25) is 0 Å². The molecular formula is C14H6I5NO3. The SMILES string of the molecule is O=C(Nc1c(I)ccc(C(=O)O)c1I)c1cc(I)c(I)c(I)c1. The summed E-state index contributed by atoms with van der Waals surface area (Å²) < 4.78 is 4.43. The highest BCUT2D eigenvalue weighted by atomic mass is 127. The molecule has 1 amide bonds. The fraction of sp³-hybridized carbons (Fsp3) is 0. The van der Waals surface area contributed by atoms with Crippen molar-refractivity contribution in [2.75, 3.05) is 5.32 Å². The van der Waals surface area contributed by atoms with E-state index >= 15 is 0 Å². The van der Waals surface area contributed by atoms with Gasteiger partial charge in [-0.2, -0.15) is 0 Å². The summed E-state index contributed by atoms with van der Waals surface area (Å²) in [5.41, 5.74) is 1.25. The number of hydrogen-bond donors (Lipinski definition) is 2. The van der Waals surface area contributed by atoms with Gasteiger partial charge in [-0.25, -0.2) is 4.79 Å². The van der Waals surface area contributed by atoms with E-state index in [9.17, 15) is 14.7 Å². The first-order valence-corrected chi connectivity index (χ1v) is 11.3. The van der Waals surface area contributed by atoms with Crippen LogP contribution in [0.15, 0.2) is 24.3 Å². The quantitative estimate of drug-likeness (QED) is 0.310. The molecule has 0 saturated carbocycles. The Labute approximate surface area is 200 Å². The minimum atomic E-state index is -1.01. The summed E-state index contributed by atoms with van der Waals surface area (Å²) in [5.74, 6) is -1.27. The van der Waals surface area contributed by atoms with Crippen molar-refractivity contribution >= 4 is 131 Å². The summed E-state index contributed by atoms with van der Waals surface area (Å²) >= 11 is 10.7. The van der Waals surface area contributed by atoms with E-state index in [0.717, 1.165) is 14.3 Å². The Balaban J connectivity index is 2.42. The van der Waals surface area contributed by atoms with Crippen LogP contribution in [-0.2, 0) is 0 Å². The second-order valence-electron chi connectivity index (χ2n) is 4.30. The van der Waals surface area contributed by atoms with Crippen molar-refractivity contribution in [3.8, 4) is 0 Å². The molecule has 0 aliphatic heterocycles. The topological polar surface area (TPSA) is 66.4 Å². The zero-order valence-electron chi connectivity index (χ0n) is 11.0. The van der Waals surface area contributed by atoms with Gasteiger partial charge in [0.25, 0.3) is 5.91 Å². The molecule has 0 saturated heterocycles. The molecule has 0 radical (unpaired) electrons. The lowest BCUT2D eigenvalue weighted by Gasteiger charge is -2.12. The lowest BCUT2D eigenvalue weighted by atomic mass is 10.1. The summed E-state index contributed by atoms with van der Waals surface area (Å²) in [6.07, 6.45) is 0. The van der Waals surface area contributed by atoms with Crippen molar-refractivity contribution in [1.82, 2.24) is 0 Å². The van der Waals surface area contributed by atoms with E-state index in [0.29, 0.717) is 14.8 Å². The van der Waals surface area contributed by atoms with Crippen LogP contribution in [0.5, 0.6) is 0 Å². The fourth-order valence-corrected chi connectivity index (χ4v) is 5.72. The Morgan fingerprint density at radius 3 is 1.96 bits per heavy atom. The molecule has 0 fully saturated rings. The van der Waals surface area contributed by atoms with Crippen molar-refractivity contribution in [3.63, 3.8) is 0 Å². The van der Waals surface area contributed by atoms with E-state index in [1.54, 1.807) is 6.07 Å². The number of halogens is 5. The van der Waals surface area contributed by atoms with Crippen molar-refractivity contribution in [2.45, 2.75) is 0 Å². The maximum Gasteiger partial charge on any atom is 0.336 e. The number of anilines is 1. The van der Waals surface area contributed by atoms with Crippen LogP contribution in [0.25, 0.3) is 0 Å². The van der Waals surface area contributed by atoms with E-state index in [4.69, 9.17) is 0 Å². The van der Waals surface area contributed by atoms with Crippen molar-refractivity contribution in [3.05, 3.63) is 53.2 Å². The van der Waals surface area contributed by atoms with E-state index in [1.165, 1.54) is 6.07 Å². The molecule has 120 valence electrons. The molecule has 2 rings (SSSR count). The molecule has 0 aromatic heterocycles. The molecule has 2 N–H and O–H groups in total. The van der Waals surface area contributed by atoms with Crippen LogP contribution >= 0.6 is 113 Å². The van der Waals surface area contributed by atoms with Gasteiger partial charge in [-0.15, -0.1) is 0 Å². The first-order chi connectivity index (χ1) is 10.7. The molecule has 23 heavy (non-hydrogen) atoms. The summed E-state index contributed by atoms with van der Waals surface area (Å²) in [7, 11) is 0. The molecule has 0 aliphatic carbocycles. The number of carbonyl (C=O) groups excluding carboxylic acids is 1. The highest BCUT2D eigenvalue weighted by Crippen LogP contribution is 2.29. The first kappa shape index (κ1) is 20.3. The first-order valence-electron chi connectivity index (χ1n) is 5.89. The highest BCUT2D eigenvalue weighted by molar-refractivity contribution is 14.1. The molecule has 0 atom stereocenters. The maximum atomic E-state index is 12.5. The van der Waals surface area contributed by atoms with Gasteiger partial charge in [0.05, 0.1) is 14.8 Å². The van der Waals surface area contributed by atoms with Crippen LogP contribution < -0.4 is 5.32 Å². The standard InChI is InChI=1S/C14H6I5NO3/c15-7-2-1-6(14(22)23)10(18)12(7)20-13(21)5-3-8(16)11(19)9(17)4-5/h1-4H,(H,20,21)(H,22,23). The van der Waals surface area contributed by atoms with Crippen LogP contribution in [0.3, 0.4) is 0 Å². The van der Waals surface area contributed by atoms with E-state index in [-0.39, 0.29) is 11.5 Å². The molecule has 0 heterocycles. The number of carbonyl (C=O) groups is 2. The number of carboxylic acids is 1. The molecule has 2 aromatic rings. The Morgan fingerprint density at radius 1 is 0.870 bits per heavy atom. The van der Waals surface area contributed by atoms with Gasteiger partial charge in [0, 0.05) is 19.8 Å². The predicted octanol–water partition coefficient (Wildman–Crippen LogP) is 5.66. The Hall–Kier alpha value is 1.03. The van der Waals surface area contributed by atoms with E-state index in [1.807, 2.05) is 34.7 Å². The van der Waals surface area contributed by atoms with Crippen LogP contribution in [-0.4, -0.2) is 17.0 Å². The van der Waals surface area contributed by atoms with Gasteiger partial charge in [0.1, 0.15) is 0 Å². The normalized spacial score (nSPS) is 10.5. The lowest BCUT2D eigenvalue weighted by Crippen LogP contribution is -2.16. The lowest BCUT2D eigenvalue weighted by molar-refractivity contribution is 0.0695. The molecule has 0 spiro atoms. The zero-order valence-corrected chi connectivity index (χ0v) is 21.8. The van der Waals surface area contributed by atoms with Crippen molar-refractivity contribution < 1.29 is 14.7 Å². The molecule has 4 nitrogen and oxygen atoms in total. The Bertz CT molecular complexity index is 799. The smallest absolute Gasteiger partial charge is 0.336 e. The number of carboxylic acid groups (broad SMARTS) is 1. The van der Waals surface area contributed by atoms with Crippen molar-refractivity contribution in [2.24, 2.45) is 0 Å². The second kappa shape index (κ2) is 8.61. The third-order valence-corrected chi connectivity index (χ3v) is 9.75. The molecule has 0 aliphatic rings. The zero-order chi connectivity index (χ0) is 17.3. The number of rotatable bonds is 3. The summed E-state index contributed by atoms with van der Waals surface area (Å²) in [5, 5.41) is 12.1. The largest absolute Gasteiger partial charge is 0.478 e. The number of amides is 1. The number of hydrogen-bond acceptors (Lipinski definition) is 2.